The largest absolute Gasteiger partial charge is 0.496 e. The zero-order valence-corrected chi connectivity index (χ0v) is 23.4. The van der Waals surface area contributed by atoms with Crippen LogP contribution in [0.4, 0.5) is 21.5 Å². The molecule has 12 nitrogen and oxygen atoms in total. The van der Waals surface area contributed by atoms with Crippen molar-refractivity contribution in [3.8, 4) is 5.75 Å². The number of hydrogen-bond acceptors (Lipinski definition) is 7. The van der Waals surface area contributed by atoms with Crippen LogP contribution in [0.25, 0.3) is 11.0 Å². The number of non-ortho nitro benzene ring substituents is 1. The summed E-state index contributed by atoms with van der Waals surface area (Å²) in [6, 6.07) is 13.3. The molecule has 13 heteroatoms. The van der Waals surface area contributed by atoms with Crippen molar-refractivity contribution in [3.05, 3.63) is 92.1 Å². The van der Waals surface area contributed by atoms with Gasteiger partial charge in [0.25, 0.3) is 5.69 Å². The van der Waals surface area contributed by atoms with Gasteiger partial charge in [-0.15, -0.1) is 0 Å². The number of benzene rings is 3. The van der Waals surface area contributed by atoms with Crippen LogP contribution in [0, 0.1) is 15.9 Å². The third-order valence-electron chi connectivity index (χ3n) is 6.96. The highest BCUT2D eigenvalue weighted by atomic mass is 19.1. The van der Waals surface area contributed by atoms with Gasteiger partial charge in [0.15, 0.2) is 0 Å². The Hall–Kier alpha value is -5.20. The van der Waals surface area contributed by atoms with Gasteiger partial charge >= 0.3 is 5.69 Å². The molecule has 3 aromatic carbocycles. The minimum Gasteiger partial charge on any atom is -0.496 e. The molecule has 4 aromatic rings. The number of anilines is 2. The maximum atomic E-state index is 14.7. The van der Waals surface area contributed by atoms with Gasteiger partial charge in [0.2, 0.25) is 11.8 Å². The molecule has 0 atom stereocenters. The van der Waals surface area contributed by atoms with E-state index in [0.29, 0.717) is 17.0 Å². The number of nitrogens with zero attached hydrogens (tertiary/aromatic N) is 4. The van der Waals surface area contributed by atoms with Crippen LogP contribution in [0.1, 0.15) is 25.0 Å². The van der Waals surface area contributed by atoms with Gasteiger partial charge in [0.05, 0.1) is 36.0 Å². The zero-order chi connectivity index (χ0) is 30.6. The number of aromatic amines is 1. The molecule has 1 aromatic heterocycles. The Kier molecular flexibility index (Phi) is 8.89. The number of methoxy groups -OCH3 is 1. The van der Waals surface area contributed by atoms with Crippen molar-refractivity contribution < 1.29 is 23.6 Å². The highest BCUT2D eigenvalue weighted by Gasteiger charge is 2.23. The summed E-state index contributed by atoms with van der Waals surface area (Å²) in [5.74, 6) is -1.67. The Balaban J connectivity index is 1.75. The number of amides is 2. The summed E-state index contributed by atoms with van der Waals surface area (Å²) in [6.45, 7) is 5.05. The number of aromatic nitrogens is 2. The van der Waals surface area contributed by atoms with Crippen LogP contribution in [0.3, 0.4) is 0 Å². The van der Waals surface area contributed by atoms with Gasteiger partial charge in [-0.1, -0.05) is 0 Å². The monoisotopic (exact) mass is 578 g/mol. The molecule has 4 rings (SSSR count). The van der Waals surface area contributed by atoms with Crippen molar-refractivity contribution in [1.29, 1.82) is 0 Å². The van der Waals surface area contributed by atoms with E-state index in [0.717, 1.165) is 30.9 Å². The Morgan fingerprint density at radius 1 is 1.05 bits per heavy atom. The molecular formula is C29H31FN6O6. The second-order valence-electron chi connectivity index (χ2n) is 9.54. The smallest absolute Gasteiger partial charge is 0.326 e. The number of H-pyrrole nitrogens is 1. The van der Waals surface area contributed by atoms with Crippen LogP contribution in [0.2, 0.25) is 0 Å². The molecule has 0 spiro atoms. The molecule has 42 heavy (non-hydrogen) atoms. The molecule has 0 saturated carbocycles. The van der Waals surface area contributed by atoms with Crippen molar-refractivity contribution in [2.45, 2.75) is 26.8 Å². The molecule has 0 radical (unpaired) electrons. The number of carbonyl (C=O) groups is 2. The number of carbonyl (C=O) groups excluding carboxylic acids is 2. The van der Waals surface area contributed by atoms with Crippen LogP contribution in [0.15, 0.2) is 59.4 Å². The number of imidazole rings is 1. The SMILES string of the molecule is CCN(CC)c1ccc(N(CC(N)=O)C(=O)Cc2cc(F)cc3[nH]c(=O)n(Cc4cc([N+](=O)[O-])ccc4OC)c23)cc1. The molecule has 0 aliphatic carbocycles. The highest BCUT2D eigenvalue weighted by Crippen LogP contribution is 2.28. The average molecular weight is 579 g/mol. The fourth-order valence-corrected chi connectivity index (χ4v) is 4.98. The molecule has 0 unspecified atom stereocenters. The van der Waals surface area contributed by atoms with Crippen molar-refractivity contribution >= 4 is 39.9 Å². The molecule has 220 valence electrons. The molecule has 0 aliphatic rings. The van der Waals surface area contributed by atoms with Crippen LogP contribution < -0.4 is 26.0 Å². The van der Waals surface area contributed by atoms with Crippen LogP contribution >= 0.6 is 0 Å². The lowest BCUT2D eigenvalue weighted by atomic mass is 10.1. The first kappa shape index (κ1) is 29.8. The van der Waals surface area contributed by atoms with E-state index in [1.165, 1.54) is 34.8 Å². The predicted molar refractivity (Wildman–Crippen MR) is 157 cm³/mol. The highest BCUT2D eigenvalue weighted by molar-refractivity contribution is 6.00. The van der Waals surface area contributed by atoms with Gasteiger partial charge < -0.3 is 25.3 Å². The van der Waals surface area contributed by atoms with Gasteiger partial charge in [-0.05, 0) is 61.9 Å². The first-order valence-corrected chi connectivity index (χ1v) is 13.2. The van der Waals surface area contributed by atoms with Gasteiger partial charge in [0.1, 0.15) is 18.1 Å². The quantitative estimate of drug-likeness (QED) is 0.193. The van der Waals surface area contributed by atoms with E-state index in [1.807, 2.05) is 26.0 Å². The fourth-order valence-electron chi connectivity index (χ4n) is 4.98. The molecule has 0 fully saturated rings. The second-order valence-corrected chi connectivity index (χ2v) is 9.54. The maximum Gasteiger partial charge on any atom is 0.326 e. The van der Waals surface area contributed by atoms with Gasteiger partial charge in [-0.25, -0.2) is 9.18 Å². The number of nitrogens with one attached hydrogen (secondary N) is 1. The van der Waals surface area contributed by atoms with E-state index < -0.39 is 34.8 Å². The number of fused-ring (bicyclic) bond motifs is 1. The first-order valence-electron chi connectivity index (χ1n) is 13.2. The fraction of sp³-hybridized carbons (Fsp3) is 0.276. The third-order valence-corrected chi connectivity index (χ3v) is 6.96. The van der Waals surface area contributed by atoms with E-state index in [1.54, 1.807) is 12.1 Å². The van der Waals surface area contributed by atoms with Gasteiger partial charge in [-0.2, -0.15) is 0 Å². The zero-order valence-electron chi connectivity index (χ0n) is 23.4. The summed E-state index contributed by atoms with van der Waals surface area (Å²) in [5, 5.41) is 11.4. The van der Waals surface area contributed by atoms with Crippen molar-refractivity contribution in [3.63, 3.8) is 0 Å². The van der Waals surface area contributed by atoms with E-state index in [-0.39, 0.29) is 35.2 Å². The Bertz CT molecular complexity index is 1690. The predicted octanol–water partition coefficient (Wildman–Crippen LogP) is 3.34. The lowest BCUT2D eigenvalue weighted by molar-refractivity contribution is -0.384. The number of ether oxygens (including phenoxy) is 1. The molecule has 0 aliphatic heterocycles. The molecule has 2 amide bonds. The third kappa shape index (κ3) is 6.24. The number of nitro groups is 1. The minimum atomic E-state index is -0.739. The Morgan fingerprint density at radius 3 is 2.31 bits per heavy atom. The molecule has 3 N–H and O–H groups in total. The maximum absolute atomic E-state index is 14.7. The summed E-state index contributed by atoms with van der Waals surface area (Å²) in [4.78, 5) is 55.3. The lowest BCUT2D eigenvalue weighted by Crippen LogP contribution is -2.39. The minimum absolute atomic E-state index is 0.136. The summed E-state index contributed by atoms with van der Waals surface area (Å²) in [7, 11) is 1.39. The van der Waals surface area contributed by atoms with Crippen LogP contribution in [0.5, 0.6) is 5.75 Å². The Labute approximate surface area is 240 Å². The summed E-state index contributed by atoms with van der Waals surface area (Å²) >= 11 is 0. The van der Waals surface area contributed by atoms with E-state index >= 15 is 0 Å². The topological polar surface area (TPSA) is 157 Å². The van der Waals surface area contributed by atoms with E-state index in [4.69, 9.17) is 10.5 Å². The standard InChI is InChI=1S/C29H31FN6O6/c1-4-33(5-2)21-6-8-22(9-7-21)34(17-26(31)37)27(38)14-18-12-20(30)15-24-28(18)35(29(39)32-24)16-19-13-23(36(40)41)10-11-25(19)42-3/h6-13,15H,4-5,14,16-17H2,1-3H3,(H2,31,37)(H,32,39). The summed E-state index contributed by atoms with van der Waals surface area (Å²) in [6.07, 6.45) is -0.372. The molecule has 0 bridgehead atoms. The number of nitro benzene ring substituents is 1. The normalized spacial score (nSPS) is 11.0. The van der Waals surface area contributed by atoms with Crippen LogP contribution in [-0.2, 0) is 22.6 Å². The molecular weight excluding hydrogens is 547 g/mol. The summed E-state index contributed by atoms with van der Waals surface area (Å²) < 4.78 is 21.3. The number of primary amides is 1. The number of halogens is 1. The van der Waals surface area contributed by atoms with Crippen molar-refractivity contribution in [2.24, 2.45) is 5.73 Å². The molecule has 0 saturated heterocycles. The lowest BCUT2D eigenvalue weighted by Gasteiger charge is -2.24. The van der Waals surface area contributed by atoms with Crippen molar-refractivity contribution in [2.75, 3.05) is 36.5 Å². The summed E-state index contributed by atoms with van der Waals surface area (Å²) in [5.41, 5.74) is 6.89. The number of nitrogens with two attached hydrogens (primary N) is 1. The number of hydrogen-bond donors (Lipinski definition) is 2. The first-order chi connectivity index (χ1) is 20.1. The average Bonchev–Trinajstić information content (AvgIpc) is 3.26. The number of rotatable bonds is 12. The second kappa shape index (κ2) is 12.5. The van der Waals surface area contributed by atoms with Gasteiger partial charge in [-0.3, -0.25) is 24.3 Å². The van der Waals surface area contributed by atoms with E-state index in [9.17, 15) is 28.9 Å². The molecule has 1 heterocycles. The van der Waals surface area contributed by atoms with Crippen molar-refractivity contribution in [1.82, 2.24) is 9.55 Å². The Morgan fingerprint density at radius 2 is 1.71 bits per heavy atom. The van der Waals surface area contributed by atoms with E-state index in [2.05, 4.69) is 9.88 Å². The van der Waals surface area contributed by atoms with Gasteiger partial charge in [0, 0.05) is 42.2 Å². The van der Waals surface area contributed by atoms with Crippen LogP contribution in [-0.4, -0.2) is 53.0 Å².